The number of aliphatic carboxylic acids is 1. The fourth-order valence-electron chi connectivity index (χ4n) is 2.16. The van der Waals surface area contributed by atoms with Gasteiger partial charge in [0.25, 0.3) is 0 Å². The molecule has 0 fully saturated rings. The van der Waals surface area contributed by atoms with Crippen LogP contribution in [0.4, 0.5) is 0 Å². The van der Waals surface area contributed by atoms with Crippen molar-refractivity contribution in [3.05, 3.63) is 48.5 Å². The number of carboxylic acid groups (broad SMARTS) is 1. The number of rotatable bonds is 3. The zero-order valence-electron chi connectivity index (χ0n) is 10.00. The summed E-state index contributed by atoms with van der Waals surface area (Å²) >= 11 is 0. The van der Waals surface area contributed by atoms with Crippen LogP contribution in [-0.2, 0) is 11.2 Å². The summed E-state index contributed by atoms with van der Waals surface area (Å²) in [6.07, 6.45) is 4.74. The Hall–Kier alpha value is -2.69. The van der Waals surface area contributed by atoms with Crippen LogP contribution in [0.3, 0.4) is 0 Å². The fraction of sp³-hybridized carbons (Fsp3) is 0.0714. The number of para-hydroxylation sites is 1. The van der Waals surface area contributed by atoms with Gasteiger partial charge in [-0.2, -0.15) is 0 Å². The van der Waals surface area contributed by atoms with E-state index in [1.54, 1.807) is 6.20 Å². The molecule has 0 aliphatic rings. The maximum Gasteiger partial charge on any atom is 0.307 e. The lowest BCUT2D eigenvalue weighted by Crippen LogP contribution is -2.03. The summed E-state index contributed by atoms with van der Waals surface area (Å²) < 4.78 is 0. The monoisotopic (exact) mass is 253 g/mol. The first-order valence-electron chi connectivity index (χ1n) is 5.83. The van der Waals surface area contributed by atoms with Crippen molar-refractivity contribution in [2.24, 2.45) is 0 Å². The third-order valence-electron chi connectivity index (χ3n) is 2.97. The van der Waals surface area contributed by atoms with Crippen molar-refractivity contribution in [1.82, 2.24) is 15.0 Å². The maximum atomic E-state index is 10.9. The lowest BCUT2D eigenvalue weighted by molar-refractivity contribution is -0.136. The minimum absolute atomic E-state index is 0.0876. The minimum atomic E-state index is -0.893. The van der Waals surface area contributed by atoms with E-state index >= 15 is 0 Å². The minimum Gasteiger partial charge on any atom is -0.481 e. The molecule has 0 aliphatic heterocycles. The smallest absolute Gasteiger partial charge is 0.307 e. The molecule has 1 aromatic carbocycles. The van der Waals surface area contributed by atoms with Gasteiger partial charge in [0.1, 0.15) is 6.33 Å². The lowest BCUT2D eigenvalue weighted by Gasteiger charge is -2.04. The third-order valence-corrected chi connectivity index (χ3v) is 2.97. The number of hydrogen-bond acceptors (Lipinski definition) is 3. The van der Waals surface area contributed by atoms with Crippen molar-refractivity contribution in [3.8, 4) is 11.3 Å². The van der Waals surface area contributed by atoms with E-state index in [0.717, 1.165) is 16.5 Å². The quantitative estimate of drug-likeness (QED) is 0.750. The van der Waals surface area contributed by atoms with Gasteiger partial charge in [-0.25, -0.2) is 9.97 Å². The number of fused-ring (bicyclic) bond motifs is 1. The summed E-state index contributed by atoms with van der Waals surface area (Å²) in [6, 6.07) is 7.84. The van der Waals surface area contributed by atoms with Gasteiger partial charge in [0.05, 0.1) is 12.1 Å². The average molecular weight is 253 g/mol. The zero-order chi connectivity index (χ0) is 13.2. The second-order valence-corrected chi connectivity index (χ2v) is 4.22. The number of aromatic amines is 1. The van der Waals surface area contributed by atoms with Crippen molar-refractivity contribution < 1.29 is 9.90 Å². The summed E-state index contributed by atoms with van der Waals surface area (Å²) in [5.74, 6) is -0.893. The Morgan fingerprint density at radius 1 is 1.32 bits per heavy atom. The Balaban J connectivity index is 2.19. The summed E-state index contributed by atoms with van der Waals surface area (Å²) in [7, 11) is 0. The standard InChI is InChI=1S/C14H11N3O2/c18-13(19)5-9-6-15-8-17-14(9)11-7-16-12-4-2-1-3-10(11)12/h1-4,6-8,16H,5H2,(H,18,19). The Labute approximate surface area is 109 Å². The van der Waals surface area contributed by atoms with E-state index in [-0.39, 0.29) is 6.42 Å². The first kappa shape index (κ1) is 11.4. The van der Waals surface area contributed by atoms with Crippen molar-refractivity contribution in [2.75, 3.05) is 0 Å². The van der Waals surface area contributed by atoms with Crippen LogP contribution in [0.15, 0.2) is 43.0 Å². The zero-order valence-corrected chi connectivity index (χ0v) is 10.00. The van der Waals surface area contributed by atoms with Crippen molar-refractivity contribution in [2.45, 2.75) is 6.42 Å². The fourth-order valence-corrected chi connectivity index (χ4v) is 2.16. The lowest BCUT2D eigenvalue weighted by atomic mass is 10.0. The molecule has 94 valence electrons. The molecule has 0 spiro atoms. The number of nitrogens with one attached hydrogen (secondary N) is 1. The molecule has 0 atom stereocenters. The molecule has 3 aromatic rings. The van der Waals surface area contributed by atoms with Gasteiger partial charge in [-0.05, 0) is 6.07 Å². The Morgan fingerprint density at radius 3 is 3.00 bits per heavy atom. The summed E-state index contributed by atoms with van der Waals surface area (Å²) in [5, 5.41) is 9.96. The van der Waals surface area contributed by atoms with E-state index in [2.05, 4.69) is 15.0 Å². The predicted molar refractivity (Wildman–Crippen MR) is 70.7 cm³/mol. The number of nitrogens with zero attached hydrogens (tertiary/aromatic N) is 2. The van der Waals surface area contributed by atoms with Crippen LogP contribution in [0.2, 0.25) is 0 Å². The van der Waals surface area contributed by atoms with Gasteiger partial charge in [0.15, 0.2) is 0 Å². The Morgan fingerprint density at radius 2 is 2.16 bits per heavy atom. The number of hydrogen-bond donors (Lipinski definition) is 2. The van der Waals surface area contributed by atoms with E-state index in [1.807, 2.05) is 30.5 Å². The Bertz CT molecular complexity index is 749. The molecule has 5 heteroatoms. The molecule has 0 saturated heterocycles. The number of carboxylic acids is 1. The predicted octanol–water partition coefficient (Wildman–Crippen LogP) is 2.25. The van der Waals surface area contributed by atoms with E-state index in [9.17, 15) is 4.79 Å². The molecular formula is C14H11N3O2. The molecule has 0 radical (unpaired) electrons. The highest BCUT2D eigenvalue weighted by molar-refractivity contribution is 5.95. The Kier molecular flexibility index (Phi) is 2.72. The first-order valence-corrected chi connectivity index (χ1v) is 5.83. The van der Waals surface area contributed by atoms with Crippen LogP contribution in [0.5, 0.6) is 0 Å². The van der Waals surface area contributed by atoms with E-state index in [4.69, 9.17) is 5.11 Å². The van der Waals surface area contributed by atoms with Gasteiger partial charge >= 0.3 is 5.97 Å². The number of aromatic nitrogens is 3. The van der Waals surface area contributed by atoms with Gasteiger partial charge < -0.3 is 10.1 Å². The normalized spacial score (nSPS) is 10.7. The van der Waals surface area contributed by atoms with Gasteiger partial charge in [-0.15, -0.1) is 0 Å². The molecule has 3 rings (SSSR count). The van der Waals surface area contributed by atoms with Gasteiger partial charge in [0, 0.05) is 34.4 Å². The van der Waals surface area contributed by atoms with Crippen LogP contribution in [0, 0.1) is 0 Å². The van der Waals surface area contributed by atoms with Crippen LogP contribution >= 0.6 is 0 Å². The van der Waals surface area contributed by atoms with E-state index in [1.165, 1.54) is 6.33 Å². The second kappa shape index (κ2) is 4.53. The SMILES string of the molecule is O=C(O)Cc1cncnc1-c1c[nH]c2ccccc12. The first-order chi connectivity index (χ1) is 9.25. The van der Waals surface area contributed by atoms with Crippen molar-refractivity contribution >= 4 is 16.9 Å². The van der Waals surface area contributed by atoms with E-state index < -0.39 is 5.97 Å². The molecule has 0 bridgehead atoms. The largest absolute Gasteiger partial charge is 0.481 e. The van der Waals surface area contributed by atoms with Gasteiger partial charge in [0.2, 0.25) is 0 Å². The molecule has 0 saturated carbocycles. The molecular weight excluding hydrogens is 242 g/mol. The average Bonchev–Trinajstić information content (AvgIpc) is 2.82. The highest BCUT2D eigenvalue weighted by atomic mass is 16.4. The van der Waals surface area contributed by atoms with Crippen molar-refractivity contribution in [1.29, 1.82) is 0 Å². The van der Waals surface area contributed by atoms with Crippen LogP contribution in [0.1, 0.15) is 5.56 Å². The molecule has 0 amide bonds. The molecule has 2 aromatic heterocycles. The third kappa shape index (κ3) is 2.06. The van der Waals surface area contributed by atoms with Gasteiger partial charge in [-0.1, -0.05) is 18.2 Å². The molecule has 0 unspecified atom stereocenters. The maximum absolute atomic E-state index is 10.9. The molecule has 2 heterocycles. The van der Waals surface area contributed by atoms with Crippen LogP contribution < -0.4 is 0 Å². The highest BCUT2D eigenvalue weighted by Crippen LogP contribution is 2.29. The molecule has 19 heavy (non-hydrogen) atoms. The molecule has 0 aliphatic carbocycles. The summed E-state index contributed by atoms with van der Waals surface area (Å²) in [5.41, 5.74) is 3.17. The topological polar surface area (TPSA) is 78.9 Å². The number of benzene rings is 1. The second-order valence-electron chi connectivity index (χ2n) is 4.22. The van der Waals surface area contributed by atoms with E-state index in [0.29, 0.717) is 11.3 Å². The summed E-state index contributed by atoms with van der Waals surface area (Å²) in [4.78, 5) is 22.2. The number of carbonyl (C=O) groups is 1. The highest BCUT2D eigenvalue weighted by Gasteiger charge is 2.13. The summed E-state index contributed by atoms with van der Waals surface area (Å²) in [6.45, 7) is 0. The van der Waals surface area contributed by atoms with Crippen LogP contribution in [0.25, 0.3) is 22.2 Å². The van der Waals surface area contributed by atoms with Crippen molar-refractivity contribution in [3.63, 3.8) is 0 Å². The molecule has 5 nitrogen and oxygen atoms in total. The molecule has 2 N–H and O–H groups in total. The van der Waals surface area contributed by atoms with Crippen LogP contribution in [-0.4, -0.2) is 26.0 Å². The number of H-pyrrole nitrogens is 1. The van der Waals surface area contributed by atoms with Gasteiger partial charge in [-0.3, -0.25) is 4.79 Å².